The molecule has 3 saturated heterocycles. The highest BCUT2D eigenvalue weighted by molar-refractivity contribution is 7.19. The van der Waals surface area contributed by atoms with Crippen LogP contribution < -0.4 is 5.32 Å². The number of quaternary nitrogens is 1. The third-order valence-corrected chi connectivity index (χ3v) is 6.96. The fraction of sp³-hybridized carbons (Fsp3) is 0.444. The summed E-state index contributed by atoms with van der Waals surface area (Å²) in [4.78, 5) is 10.3. The van der Waals surface area contributed by atoms with Crippen LogP contribution in [0.1, 0.15) is 12.8 Å². The summed E-state index contributed by atoms with van der Waals surface area (Å²) in [7, 11) is 2.36. The molecule has 128 valence electrons. The molecule has 5 heterocycles. The van der Waals surface area contributed by atoms with E-state index in [-0.39, 0.29) is 5.60 Å². The summed E-state index contributed by atoms with van der Waals surface area (Å²) in [5, 5.41) is 4.15. The maximum atomic E-state index is 6.40. The number of thiazole rings is 1. The van der Waals surface area contributed by atoms with Crippen LogP contribution in [0, 0.1) is 5.92 Å². The summed E-state index contributed by atoms with van der Waals surface area (Å²) in [6.45, 7) is 4.43. The van der Waals surface area contributed by atoms with Crippen molar-refractivity contribution in [1.82, 2.24) is 4.98 Å². The quantitative estimate of drug-likeness (QED) is 0.842. The molecule has 6 rings (SSSR count). The zero-order chi connectivity index (χ0) is 16.9. The van der Waals surface area contributed by atoms with Gasteiger partial charge < -0.3 is 9.13 Å². The number of aliphatic imine (C=N–C) groups is 1. The lowest BCUT2D eigenvalue weighted by Gasteiger charge is -2.55. The minimum Gasteiger partial charge on any atom is -0.450 e. The van der Waals surface area contributed by atoms with E-state index in [1.807, 2.05) is 24.4 Å². The van der Waals surface area contributed by atoms with Crippen LogP contribution in [0.4, 0.5) is 5.13 Å². The first-order chi connectivity index (χ1) is 12.1. The maximum absolute atomic E-state index is 6.40. The summed E-state index contributed by atoms with van der Waals surface area (Å²) in [6, 6.07) is 11.0. The summed E-state index contributed by atoms with van der Waals surface area (Å²) >= 11 is 1.64. The first-order valence-electron chi connectivity index (χ1n) is 9.00. The van der Waals surface area contributed by atoms with E-state index < -0.39 is 0 Å². The molecule has 0 radical (unpaired) electrons. The molecular formula is C18H22BN4OS+. The van der Waals surface area contributed by atoms with Crippen molar-refractivity contribution in [2.24, 2.45) is 10.9 Å². The average Bonchev–Trinajstić information content (AvgIpc) is 3.24. The van der Waals surface area contributed by atoms with Crippen LogP contribution in [0.2, 0.25) is 0 Å². The van der Waals surface area contributed by atoms with E-state index in [1.165, 1.54) is 31.5 Å². The fourth-order valence-corrected chi connectivity index (χ4v) is 5.44. The number of aromatic nitrogens is 1. The van der Waals surface area contributed by atoms with E-state index in [9.17, 15) is 0 Å². The summed E-state index contributed by atoms with van der Waals surface area (Å²) in [6.07, 6.45) is 4.43. The van der Waals surface area contributed by atoms with Crippen molar-refractivity contribution in [3.8, 4) is 10.4 Å². The first-order valence-corrected chi connectivity index (χ1v) is 9.81. The van der Waals surface area contributed by atoms with E-state index in [1.54, 1.807) is 11.3 Å². The summed E-state index contributed by atoms with van der Waals surface area (Å²) < 4.78 is 7.53. The molecule has 1 aromatic carbocycles. The van der Waals surface area contributed by atoms with Gasteiger partial charge in [0.05, 0.1) is 24.5 Å². The van der Waals surface area contributed by atoms with Gasteiger partial charge in [0.2, 0.25) is 0 Å². The molecule has 0 aliphatic carbocycles. The number of anilines is 1. The Bertz CT molecular complexity index is 815. The number of hydrogen-bond donors (Lipinski definition) is 1. The minimum absolute atomic E-state index is 0.0902. The van der Waals surface area contributed by atoms with Gasteiger partial charge >= 0.3 is 7.98 Å². The van der Waals surface area contributed by atoms with Gasteiger partial charge in [0.1, 0.15) is 6.54 Å². The van der Waals surface area contributed by atoms with Gasteiger partial charge in [-0.15, -0.1) is 0 Å². The van der Waals surface area contributed by atoms with E-state index in [2.05, 4.69) is 35.4 Å². The monoisotopic (exact) mass is 353 g/mol. The van der Waals surface area contributed by atoms with E-state index in [4.69, 9.17) is 4.74 Å². The van der Waals surface area contributed by atoms with Crippen LogP contribution in [0.3, 0.4) is 0 Å². The number of piperidine rings is 3. The zero-order valence-electron chi connectivity index (χ0n) is 14.4. The Morgan fingerprint density at radius 3 is 2.80 bits per heavy atom. The number of ether oxygens (including phenoxy) is 1. The number of nitrogens with one attached hydrogen (secondary N) is 1. The van der Waals surface area contributed by atoms with Gasteiger partial charge in [0, 0.05) is 25.0 Å². The second kappa shape index (κ2) is 5.57. The number of rotatable bonds is 2. The highest BCUT2D eigenvalue weighted by Gasteiger charge is 2.57. The van der Waals surface area contributed by atoms with Crippen LogP contribution in [-0.4, -0.2) is 55.2 Å². The number of fused-ring (bicyclic) bond motifs is 2. The smallest absolute Gasteiger partial charge is 0.373 e. The summed E-state index contributed by atoms with van der Waals surface area (Å²) in [5.41, 5.74) is 1.10. The molecule has 4 aliphatic rings. The van der Waals surface area contributed by atoms with Crippen LogP contribution >= 0.6 is 11.3 Å². The number of amidine groups is 1. The second-order valence-electron chi connectivity index (χ2n) is 7.81. The van der Waals surface area contributed by atoms with Crippen molar-refractivity contribution in [3.05, 3.63) is 36.5 Å². The van der Waals surface area contributed by atoms with Crippen molar-refractivity contribution >= 4 is 30.5 Å². The lowest BCUT2D eigenvalue weighted by molar-refractivity contribution is -0.845. The molecule has 3 fully saturated rings. The molecule has 1 N–H and O–H groups in total. The minimum atomic E-state index is -0.0902. The maximum Gasteiger partial charge on any atom is 0.373 e. The van der Waals surface area contributed by atoms with Crippen LogP contribution in [0.25, 0.3) is 10.4 Å². The van der Waals surface area contributed by atoms with Gasteiger partial charge in [0.15, 0.2) is 10.7 Å². The number of hydrogen-bond acceptors (Lipinski definition) is 5. The molecule has 25 heavy (non-hydrogen) atoms. The Labute approximate surface area is 152 Å². The Morgan fingerprint density at radius 2 is 2.04 bits per heavy atom. The van der Waals surface area contributed by atoms with Gasteiger partial charge in [-0.2, -0.15) is 0 Å². The van der Waals surface area contributed by atoms with E-state index in [0.29, 0.717) is 11.9 Å². The predicted molar refractivity (Wildman–Crippen MR) is 103 cm³/mol. The molecule has 1 aromatic heterocycles. The largest absolute Gasteiger partial charge is 0.450 e. The lowest BCUT2D eigenvalue weighted by Crippen LogP contribution is -2.69. The molecule has 1 spiro atoms. The summed E-state index contributed by atoms with van der Waals surface area (Å²) in [5.74, 6) is 0.645. The number of benzene rings is 1. The Morgan fingerprint density at radius 1 is 1.24 bits per heavy atom. The predicted octanol–water partition coefficient (Wildman–Crippen LogP) is 2.14. The van der Waals surface area contributed by atoms with Gasteiger partial charge in [-0.3, -0.25) is 5.32 Å². The topological polar surface area (TPSA) is 46.5 Å². The molecular weight excluding hydrogens is 331 g/mol. The molecule has 1 unspecified atom stereocenters. The van der Waals surface area contributed by atoms with E-state index in [0.717, 1.165) is 27.5 Å². The zero-order valence-corrected chi connectivity index (χ0v) is 15.3. The Balaban J connectivity index is 1.30. The van der Waals surface area contributed by atoms with E-state index >= 15 is 0 Å². The molecule has 5 nitrogen and oxygen atoms in total. The molecule has 2 bridgehead atoms. The molecule has 0 saturated carbocycles. The van der Waals surface area contributed by atoms with Crippen LogP contribution in [0.5, 0.6) is 0 Å². The van der Waals surface area contributed by atoms with Crippen molar-refractivity contribution in [1.29, 1.82) is 0 Å². The lowest BCUT2D eigenvalue weighted by atomic mass is 9.72. The first kappa shape index (κ1) is 15.4. The van der Waals surface area contributed by atoms with Crippen molar-refractivity contribution in [2.45, 2.75) is 18.4 Å². The van der Waals surface area contributed by atoms with Gasteiger partial charge in [-0.05, 0) is 5.56 Å². The average molecular weight is 353 g/mol. The highest BCUT2D eigenvalue weighted by Crippen LogP contribution is 2.43. The Hall–Kier alpha value is -1.86. The highest BCUT2D eigenvalue weighted by atomic mass is 32.1. The van der Waals surface area contributed by atoms with Crippen LogP contribution in [0.15, 0.2) is 41.5 Å². The third kappa shape index (κ3) is 2.66. The molecule has 4 aliphatic heterocycles. The second-order valence-corrected chi connectivity index (χ2v) is 8.84. The van der Waals surface area contributed by atoms with Crippen molar-refractivity contribution < 1.29 is 9.13 Å². The number of nitrogens with zero attached hydrogens (tertiary/aromatic N) is 3. The van der Waals surface area contributed by atoms with Gasteiger partial charge in [0.25, 0.3) is 6.02 Å². The van der Waals surface area contributed by atoms with Crippen molar-refractivity contribution in [3.63, 3.8) is 0 Å². The standard InChI is InChI=1S/C18H22BN4OS/c19-23-8-6-14(7-9-23)18(12-23)11-21-16(24-18)22-17-20-10-15(25-17)13-4-2-1-3-5-13/h1-5,10,14H,6-9,11-12,19H2,(H,20,21,22)/q+1. The van der Waals surface area contributed by atoms with Gasteiger partial charge in [-0.25, -0.2) is 9.98 Å². The molecule has 7 heteroatoms. The molecule has 0 amide bonds. The van der Waals surface area contributed by atoms with Gasteiger partial charge in [-0.1, -0.05) is 41.7 Å². The van der Waals surface area contributed by atoms with Crippen molar-refractivity contribution in [2.75, 3.05) is 31.5 Å². The molecule has 1 atom stereocenters. The SMILES string of the molecule is B[N+]12CCC(CC1)C1(CN=C(Nc3ncc(-c4ccccc4)s3)O1)C2. The Kier molecular flexibility index (Phi) is 3.43. The fourth-order valence-electron chi connectivity index (χ4n) is 4.63. The third-order valence-electron chi connectivity index (χ3n) is 6.00. The molecule has 2 aromatic rings. The van der Waals surface area contributed by atoms with Crippen LogP contribution in [-0.2, 0) is 4.74 Å². The normalized spacial score (nSPS) is 33.3.